The van der Waals surface area contributed by atoms with Crippen molar-refractivity contribution in [2.24, 2.45) is 11.3 Å². The number of nitrogens with zero attached hydrogens (tertiary/aromatic N) is 1. The van der Waals surface area contributed by atoms with Crippen molar-refractivity contribution >= 4 is 5.91 Å². The van der Waals surface area contributed by atoms with Crippen LogP contribution in [0.4, 0.5) is 0 Å². The van der Waals surface area contributed by atoms with Crippen molar-refractivity contribution in [1.29, 1.82) is 0 Å². The highest BCUT2D eigenvalue weighted by Gasteiger charge is 2.45. The Morgan fingerprint density at radius 3 is 2.64 bits per heavy atom. The molecule has 2 unspecified atom stereocenters. The van der Waals surface area contributed by atoms with E-state index in [0.29, 0.717) is 11.5 Å². The van der Waals surface area contributed by atoms with E-state index in [-0.39, 0.29) is 30.2 Å². The lowest BCUT2D eigenvalue weighted by Gasteiger charge is -2.42. The molecule has 0 spiro atoms. The summed E-state index contributed by atoms with van der Waals surface area (Å²) in [5.41, 5.74) is 4.68. The molecule has 33 heavy (non-hydrogen) atoms. The Bertz CT molecular complexity index is 852. The average molecular weight is 458 g/mol. The molecule has 2 saturated carbocycles. The highest BCUT2D eigenvalue weighted by molar-refractivity contribution is 5.72. The number of rotatable bonds is 7. The van der Waals surface area contributed by atoms with Gasteiger partial charge >= 0.3 is 0 Å². The molecule has 0 saturated heterocycles. The molecule has 0 aromatic heterocycles. The average Bonchev–Trinajstić information content (AvgIpc) is 3.12. The molecule has 0 aromatic rings. The number of hydrogen-bond acceptors (Lipinski definition) is 4. The SMILES string of the molecule is C=C1C(=CC=C2CCC[C@]3(C)C(CC)=CCC23)CC(O)(ON(C(C)=O)C(CC)CC)C[C@@H]1O. The molecule has 4 atom stereocenters. The van der Waals surface area contributed by atoms with Gasteiger partial charge in [0.05, 0.1) is 12.1 Å². The zero-order valence-corrected chi connectivity index (χ0v) is 21.2. The highest BCUT2D eigenvalue weighted by atomic mass is 16.8. The molecule has 184 valence electrons. The lowest BCUT2D eigenvalue weighted by molar-refractivity contribution is -0.335. The van der Waals surface area contributed by atoms with E-state index in [4.69, 9.17) is 4.84 Å². The van der Waals surface area contributed by atoms with Crippen LogP contribution >= 0.6 is 0 Å². The second kappa shape index (κ2) is 10.3. The third kappa shape index (κ3) is 5.21. The van der Waals surface area contributed by atoms with Crippen LogP contribution in [0.1, 0.15) is 92.4 Å². The molecule has 1 amide bonds. The van der Waals surface area contributed by atoms with Crippen molar-refractivity contribution in [1.82, 2.24) is 5.06 Å². The first-order chi connectivity index (χ1) is 15.6. The van der Waals surface area contributed by atoms with Gasteiger partial charge < -0.3 is 10.2 Å². The van der Waals surface area contributed by atoms with E-state index in [1.807, 2.05) is 19.9 Å². The largest absolute Gasteiger partial charge is 0.388 e. The number of carbonyl (C=O) groups is 1. The van der Waals surface area contributed by atoms with Gasteiger partial charge in [0.2, 0.25) is 5.91 Å². The maximum Gasteiger partial charge on any atom is 0.243 e. The van der Waals surface area contributed by atoms with E-state index in [9.17, 15) is 15.0 Å². The van der Waals surface area contributed by atoms with Crippen LogP contribution in [0.3, 0.4) is 0 Å². The van der Waals surface area contributed by atoms with Gasteiger partial charge in [-0.1, -0.05) is 63.6 Å². The van der Waals surface area contributed by atoms with Gasteiger partial charge in [0.1, 0.15) is 0 Å². The summed E-state index contributed by atoms with van der Waals surface area (Å²) in [5, 5.41) is 23.3. The number of aliphatic hydroxyl groups is 2. The maximum atomic E-state index is 12.2. The minimum Gasteiger partial charge on any atom is -0.388 e. The Morgan fingerprint density at radius 1 is 1.33 bits per heavy atom. The molecule has 0 bridgehead atoms. The summed E-state index contributed by atoms with van der Waals surface area (Å²) in [5.74, 6) is -1.37. The Hall–Kier alpha value is -1.69. The minimum atomic E-state index is -1.65. The summed E-state index contributed by atoms with van der Waals surface area (Å²) >= 11 is 0. The second-order valence-electron chi connectivity index (χ2n) is 10.4. The third-order valence-corrected chi connectivity index (χ3v) is 8.24. The Morgan fingerprint density at radius 2 is 2.03 bits per heavy atom. The number of allylic oxidation sites excluding steroid dienone is 5. The fourth-order valence-electron chi connectivity index (χ4n) is 6.22. The van der Waals surface area contributed by atoms with Gasteiger partial charge in [-0.25, -0.2) is 9.90 Å². The smallest absolute Gasteiger partial charge is 0.243 e. The molecule has 3 aliphatic carbocycles. The van der Waals surface area contributed by atoms with Crippen LogP contribution in [-0.2, 0) is 9.63 Å². The summed E-state index contributed by atoms with van der Waals surface area (Å²) in [6.45, 7) is 14.2. The van der Waals surface area contributed by atoms with Crippen molar-refractivity contribution < 1.29 is 19.8 Å². The Kier molecular flexibility index (Phi) is 8.08. The van der Waals surface area contributed by atoms with E-state index in [0.717, 1.165) is 37.7 Å². The van der Waals surface area contributed by atoms with Gasteiger partial charge in [-0.3, -0.25) is 4.79 Å². The van der Waals surface area contributed by atoms with Gasteiger partial charge in [-0.2, -0.15) is 0 Å². The molecule has 0 aromatic carbocycles. The number of fused-ring (bicyclic) bond motifs is 1. The van der Waals surface area contributed by atoms with Crippen molar-refractivity contribution in [2.45, 2.75) is 110 Å². The van der Waals surface area contributed by atoms with Gasteiger partial charge in [0, 0.05) is 19.8 Å². The van der Waals surface area contributed by atoms with E-state index in [1.165, 1.54) is 30.4 Å². The first-order valence-electron chi connectivity index (χ1n) is 12.8. The van der Waals surface area contributed by atoms with E-state index in [2.05, 4.69) is 32.6 Å². The summed E-state index contributed by atoms with van der Waals surface area (Å²) in [6, 6.07) is -0.120. The molecule has 5 heteroatoms. The van der Waals surface area contributed by atoms with Crippen LogP contribution in [0.5, 0.6) is 0 Å². The summed E-state index contributed by atoms with van der Waals surface area (Å²) in [6.07, 6.45) is 13.1. The Labute approximate surface area is 199 Å². The van der Waals surface area contributed by atoms with Crippen molar-refractivity contribution in [2.75, 3.05) is 0 Å². The second-order valence-corrected chi connectivity index (χ2v) is 10.4. The fourth-order valence-corrected chi connectivity index (χ4v) is 6.22. The highest BCUT2D eigenvalue weighted by Crippen LogP contribution is 2.55. The molecule has 5 nitrogen and oxygen atoms in total. The zero-order valence-electron chi connectivity index (χ0n) is 21.2. The van der Waals surface area contributed by atoms with Crippen LogP contribution in [0.15, 0.2) is 47.1 Å². The van der Waals surface area contributed by atoms with Crippen LogP contribution < -0.4 is 0 Å². The third-order valence-electron chi connectivity index (χ3n) is 8.24. The summed E-state index contributed by atoms with van der Waals surface area (Å²) in [4.78, 5) is 18.2. The van der Waals surface area contributed by atoms with E-state index in [1.54, 1.807) is 5.57 Å². The van der Waals surface area contributed by atoms with E-state index >= 15 is 0 Å². The zero-order chi connectivity index (χ0) is 24.4. The summed E-state index contributed by atoms with van der Waals surface area (Å²) < 4.78 is 0. The molecular formula is C28H43NO4. The fraction of sp³-hybridized carbons (Fsp3) is 0.679. The topological polar surface area (TPSA) is 70.0 Å². The number of carbonyl (C=O) groups excluding carboxylic acids is 1. The van der Waals surface area contributed by atoms with Gasteiger partial charge in [-0.15, -0.1) is 0 Å². The van der Waals surface area contributed by atoms with Crippen LogP contribution in [0.2, 0.25) is 0 Å². The molecule has 2 N–H and O–H groups in total. The monoisotopic (exact) mass is 457 g/mol. The molecule has 0 radical (unpaired) electrons. The molecule has 0 heterocycles. The molecule has 2 fully saturated rings. The number of aliphatic hydroxyl groups excluding tert-OH is 1. The van der Waals surface area contributed by atoms with Crippen molar-refractivity contribution in [3.05, 3.63) is 47.1 Å². The Balaban J connectivity index is 1.84. The lowest BCUT2D eigenvalue weighted by atomic mass is 9.64. The van der Waals surface area contributed by atoms with E-state index < -0.39 is 11.9 Å². The van der Waals surface area contributed by atoms with Crippen LogP contribution in [0.25, 0.3) is 0 Å². The lowest BCUT2D eigenvalue weighted by Crippen LogP contribution is -2.50. The number of hydroxylamine groups is 2. The normalized spacial score (nSPS) is 34.7. The first kappa shape index (κ1) is 25.9. The molecular weight excluding hydrogens is 414 g/mol. The molecule has 3 aliphatic rings. The number of hydrogen-bond donors (Lipinski definition) is 2. The first-order valence-corrected chi connectivity index (χ1v) is 12.8. The van der Waals surface area contributed by atoms with Gasteiger partial charge in [0.25, 0.3) is 0 Å². The van der Waals surface area contributed by atoms with Gasteiger partial charge in [0.15, 0.2) is 5.79 Å². The van der Waals surface area contributed by atoms with Crippen LogP contribution in [-0.4, -0.2) is 39.1 Å². The van der Waals surface area contributed by atoms with Crippen LogP contribution in [0, 0.1) is 11.3 Å². The van der Waals surface area contributed by atoms with Gasteiger partial charge in [-0.05, 0) is 67.4 Å². The predicted octanol–water partition coefficient (Wildman–Crippen LogP) is 5.75. The number of amides is 1. The van der Waals surface area contributed by atoms with Crippen molar-refractivity contribution in [3.8, 4) is 0 Å². The molecule has 3 rings (SSSR count). The van der Waals surface area contributed by atoms with Crippen molar-refractivity contribution in [3.63, 3.8) is 0 Å². The maximum absolute atomic E-state index is 12.2. The minimum absolute atomic E-state index is 0.00580. The summed E-state index contributed by atoms with van der Waals surface area (Å²) in [7, 11) is 0. The molecule has 0 aliphatic heterocycles. The standard InChI is InChI=1S/C28H43NO4/c1-7-23-14-15-25-21(11-10-16-27(23,25)6)12-13-22-17-28(32,18-26(31)19(22)4)33-29(20(5)30)24(8-2)9-3/h12-14,24-26,31-32H,4,7-11,15-18H2,1-3,5-6H3/t25?,26-,27+,28?/m0/s1. The predicted molar refractivity (Wildman–Crippen MR) is 132 cm³/mol. The quantitative estimate of drug-likeness (QED) is 0.290.